The summed E-state index contributed by atoms with van der Waals surface area (Å²) in [7, 11) is 3.87. The molecule has 0 spiro atoms. The fourth-order valence-electron chi connectivity index (χ4n) is 3.77. The van der Waals surface area contributed by atoms with Crippen molar-refractivity contribution in [1.82, 2.24) is 0 Å². The lowest BCUT2D eigenvalue weighted by Crippen LogP contribution is -2.09. The topological polar surface area (TPSA) is 63.7 Å². The fourth-order valence-corrected chi connectivity index (χ4v) is 3.77. The Labute approximate surface area is 177 Å². The van der Waals surface area contributed by atoms with Crippen LogP contribution in [0.5, 0.6) is 0 Å². The van der Waals surface area contributed by atoms with Crippen LogP contribution in [0.25, 0.3) is 44.2 Å². The lowest BCUT2D eigenvalue weighted by molar-refractivity contribution is 0.561. The third-order valence-corrected chi connectivity index (χ3v) is 5.37. The molecule has 0 bridgehead atoms. The van der Waals surface area contributed by atoms with Crippen LogP contribution in [-0.2, 0) is 0 Å². The van der Waals surface area contributed by atoms with Gasteiger partial charge in [0.25, 0.3) is 0 Å². The number of nitrogens with zero attached hydrogens (tertiary/aromatic N) is 1. The van der Waals surface area contributed by atoms with Gasteiger partial charge in [-0.2, -0.15) is 0 Å². The summed E-state index contributed by atoms with van der Waals surface area (Å²) in [5.41, 5.74) is 3.95. The van der Waals surface area contributed by atoms with Crippen LogP contribution < -0.4 is 16.2 Å². The van der Waals surface area contributed by atoms with Gasteiger partial charge in [0.2, 0.25) is 0 Å². The molecule has 0 aliphatic rings. The van der Waals surface area contributed by atoms with Crippen LogP contribution in [0.1, 0.15) is 0 Å². The van der Waals surface area contributed by atoms with Crippen LogP contribution >= 0.6 is 0 Å². The second-order valence-corrected chi connectivity index (χ2v) is 7.62. The summed E-state index contributed by atoms with van der Waals surface area (Å²) in [6, 6.07) is 24.1. The van der Waals surface area contributed by atoms with Gasteiger partial charge in [0.05, 0.1) is 5.56 Å². The SMILES string of the molecule is CN(C)c1ccc2cc(-c3ccc4oc(=O)cc(-c5ccccc5)c4c3)c(=O)oc2c1. The molecule has 0 aliphatic carbocycles. The standard InChI is InChI=1S/C26H19NO4/c1-27(2)19-10-8-18-13-21(26(29)31-24(18)14-19)17-9-11-23-22(12-17)20(15-25(28)30-23)16-6-4-3-5-7-16/h3-15H,1-2H3. The number of anilines is 1. The highest BCUT2D eigenvalue weighted by atomic mass is 16.4. The molecule has 0 atom stereocenters. The summed E-state index contributed by atoms with van der Waals surface area (Å²) in [5.74, 6) is 0. The maximum absolute atomic E-state index is 12.8. The first-order valence-corrected chi connectivity index (χ1v) is 9.88. The molecule has 5 nitrogen and oxygen atoms in total. The van der Waals surface area contributed by atoms with Crippen molar-refractivity contribution in [3.05, 3.63) is 99.7 Å². The second-order valence-electron chi connectivity index (χ2n) is 7.62. The molecule has 0 N–H and O–H groups in total. The Hall–Kier alpha value is -4.12. The van der Waals surface area contributed by atoms with Crippen molar-refractivity contribution in [2.24, 2.45) is 0 Å². The van der Waals surface area contributed by atoms with E-state index in [1.807, 2.05) is 79.7 Å². The Bertz CT molecular complexity index is 1550. The van der Waals surface area contributed by atoms with Gasteiger partial charge < -0.3 is 13.7 Å². The molecule has 5 heteroatoms. The Kier molecular flexibility index (Phi) is 4.44. The van der Waals surface area contributed by atoms with E-state index in [0.717, 1.165) is 27.6 Å². The zero-order valence-corrected chi connectivity index (χ0v) is 17.1. The predicted molar refractivity (Wildman–Crippen MR) is 124 cm³/mol. The van der Waals surface area contributed by atoms with Crippen LogP contribution in [0.3, 0.4) is 0 Å². The van der Waals surface area contributed by atoms with Gasteiger partial charge in [-0.15, -0.1) is 0 Å². The Morgan fingerprint density at radius 1 is 0.677 bits per heavy atom. The van der Waals surface area contributed by atoms with Crippen molar-refractivity contribution in [2.75, 3.05) is 19.0 Å². The molecule has 0 radical (unpaired) electrons. The van der Waals surface area contributed by atoms with Gasteiger partial charge in [-0.3, -0.25) is 0 Å². The Balaban J connectivity index is 1.72. The van der Waals surface area contributed by atoms with Crippen molar-refractivity contribution in [3.8, 4) is 22.3 Å². The Morgan fingerprint density at radius 2 is 1.48 bits per heavy atom. The van der Waals surface area contributed by atoms with E-state index >= 15 is 0 Å². The summed E-state index contributed by atoms with van der Waals surface area (Å²) >= 11 is 0. The molecule has 0 aliphatic heterocycles. The molecule has 5 rings (SSSR count). The molecular weight excluding hydrogens is 390 g/mol. The van der Waals surface area contributed by atoms with Gasteiger partial charge in [-0.1, -0.05) is 36.4 Å². The molecule has 3 aromatic carbocycles. The van der Waals surface area contributed by atoms with E-state index in [1.165, 1.54) is 6.07 Å². The molecule has 0 fully saturated rings. The van der Waals surface area contributed by atoms with E-state index in [1.54, 1.807) is 12.1 Å². The number of hydrogen-bond donors (Lipinski definition) is 0. The van der Waals surface area contributed by atoms with Gasteiger partial charge in [-0.05, 0) is 47.0 Å². The van der Waals surface area contributed by atoms with Gasteiger partial charge >= 0.3 is 11.3 Å². The summed E-state index contributed by atoms with van der Waals surface area (Å²) in [6.07, 6.45) is 0. The summed E-state index contributed by atoms with van der Waals surface area (Å²) < 4.78 is 11.0. The number of benzene rings is 3. The van der Waals surface area contributed by atoms with Crippen LogP contribution in [0.4, 0.5) is 5.69 Å². The number of rotatable bonds is 3. The van der Waals surface area contributed by atoms with Crippen LogP contribution in [0.2, 0.25) is 0 Å². The van der Waals surface area contributed by atoms with E-state index in [4.69, 9.17) is 8.83 Å². The molecule has 0 amide bonds. The van der Waals surface area contributed by atoms with Crippen molar-refractivity contribution in [1.29, 1.82) is 0 Å². The molecule has 31 heavy (non-hydrogen) atoms. The monoisotopic (exact) mass is 409 g/mol. The maximum atomic E-state index is 12.8. The van der Waals surface area contributed by atoms with E-state index in [-0.39, 0.29) is 0 Å². The molecule has 2 heterocycles. The number of hydrogen-bond acceptors (Lipinski definition) is 5. The molecule has 0 saturated heterocycles. The van der Waals surface area contributed by atoms with E-state index in [9.17, 15) is 9.59 Å². The van der Waals surface area contributed by atoms with Crippen molar-refractivity contribution >= 4 is 27.6 Å². The normalized spacial score (nSPS) is 11.2. The third-order valence-electron chi connectivity index (χ3n) is 5.37. The average Bonchev–Trinajstić information content (AvgIpc) is 2.78. The zero-order chi connectivity index (χ0) is 21.5. The summed E-state index contributed by atoms with van der Waals surface area (Å²) in [4.78, 5) is 26.8. The van der Waals surface area contributed by atoms with Crippen molar-refractivity contribution < 1.29 is 8.83 Å². The second kappa shape index (κ2) is 7.29. The highest BCUT2D eigenvalue weighted by Crippen LogP contribution is 2.31. The zero-order valence-electron chi connectivity index (χ0n) is 17.1. The molecule has 2 aromatic heterocycles. The molecule has 0 saturated carbocycles. The molecule has 152 valence electrons. The highest BCUT2D eigenvalue weighted by Gasteiger charge is 2.13. The van der Waals surface area contributed by atoms with Crippen LogP contribution in [0, 0.1) is 0 Å². The first kappa shape index (κ1) is 18.9. The predicted octanol–water partition coefficient (Wildman–Crippen LogP) is 5.30. The van der Waals surface area contributed by atoms with Crippen molar-refractivity contribution in [3.63, 3.8) is 0 Å². The minimum atomic E-state index is -0.416. The van der Waals surface area contributed by atoms with E-state index < -0.39 is 11.3 Å². The smallest absolute Gasteiger partial charge is 0.344 e. The fraction of sp³-hybridized carbons (Fsp3) is 0.0769. The summed E-state index contributed by atoms with van der Waals surface area (Å²) in [5, 5.41) is 1.59. The molecule has 0 unspecified atom stereocenters. The average molecular weight is 409 g/mol. The first-order chi connectivity index (χ1) is 15.0. The van der Waals surface area contributed by atoms with Gasteiger partial charge in [0.15, 0.2) is 0 Å². The lowest BCUT2D eigenvalue weighted by Gasteiger charge is -2.12. The minimum Gasteiger partial charge on any atom is -0.423 e. The highest BCUT2D eigenvalue weighted by molar-refractivity contribution is 5.96. The van der Waals surface area contributed by atoms with Gasteiger partial charge in [0, 0.05) is 42.7 Å². The van der Waals surface area contributed by atoms with Crippen LogP contribution in [0.15, 0.2) is 97.3 Å². The van der Waals surface area contributed by atoms with Gasteiger partial charge in [-0.25, -0.2) is 9.59 Å². The first-order valence-electron chi connectivity index (χ1n) is 9.88. The third kappa shape index (κ3) is 3.40. The molecular formula is C26H19NO4. The Morgan fingerprint density at radius 3 is 2.26 bits per heavy atom. The number of fused-ring (bicyclic) bond motifs is 2. The quantitative estimate of drug-likeness (QED) is 0.379. The summed E-state index contributed by atoms with van der Waals surface area (Å²) in [6.45, 7) is 0. The van der Waals surface area contributed by atoms with E-state index in [2.05, 4.69) is 0 Å². The molecule has 5 aromatic rings. The maximum Gasteiger partial charge on any atom is 0.344 e. The lowest BCUT2D eigenvalue weighted by atomic mass is 9.98. The largest absolute Gasteiger partial charge is 0.423 e. The van der Waals surface area contributed by atoms with Crippen LogP contribution in [-0.4, -0.2) is 14.1 Å². The van der Waals surface area contributed by atoms with Gasteiger partial charge in [0.1, 0.15) is 11.2 Å². The van der Waals surface area contributed by atoms with E-state index in [0.29, 0.717) is 22.3 Å². The van der Waals surface area contributed by atoms with Crippen molar-refractivity contribution in [2.45, 2.75) is 0 Å². The minimum absolute atomic E-state index is 0.415.